The molecule has 1 aromatic carbocycles. The SMILES string of the molecule is CC(C)(O)c1cnnn1[C@H]1C[C@@H](C(=O)NC(CCCCNC(=O)O)C(=O)C(N)=O)N(C(=O)[C@@H](CC2CCCCC2)NC(=O)c2cc3ccccc3cn2)C1. The zero-order valence-corrected chi connectivity index (χ0v) is 30.6. The van der Waals surface area contributed by atoms with Crippen LogP contribution in [0.4, 0.5) is 4.79 Å². The average molecular weight is 748 g/mol. The molecule has 1 unspecified atom stereocenters. The molecule has 1 aliphatic carbocycles. The van der Waals surface area contributed by atoms with Crippen LogP contribution in [0, 0.1) is 5.92 Å². The number of Topliss-reactive ketones (excluding diaryl/α,β-unsaturated/α-hetero) is 1. The lowest BCUT2D eigenvalue weighted by Gasteiger charge is -2.32. The molecule has 2 aromatic heterocycles. The van der Waals surface area contributed by atoms with Crippen LogP contribution in [-0.2, 0) is 24.8 Å². The Morgan fingerprint density at radius 2 is 1.70 bits per heavy atom. The Hall–Kier alpha value is -5.45. The van der Waals surface area contributed by atoms with Gasteiger partial charge in [-0.15, -0.1) is 5.10 Å². The van der Waals surface area contributed by atoms with E-state index in [4.69, 9.17) is 10.8 Å². The van der Waals surface area contributed by atoms with Gasteiger partial charge in [-0.25, -0.2) is 9.48 Å². The number of fused-ring (bicyclic) bond motifs is 1. The predicted octanol–water partition coefficient (Wildman–Crippen LogP) is 1.94. The summed E-state index contributed by atoms with van der Waals surface area (Å²) in [6, 6.07) is 4.96. The van der Waals surface area contributed by atoms with Gasteiger partial charge in [0.2, 0.25) is 17.6 Å². The molecule has 1 saturated carbocycles. The third kappa shape index (κ3) is 9.94. The molecule has 3 aromatic rings. The van der Waals surface area contributed by atoms with Gasteiger partial charge in [0, 0.05) is 31.1 Å². The van der Waals surface area contributed by atoms with Gasteiger partial charge in [0.25, 0.3) is 11.8 Å². The Kier molecular flexibility index (Phi) is 12.9. The highest BCUT2D eigenvalue weighted by atomic mass is 16.4. The fourth-order valence-corrected chi connectivity index (χ4v) is 7.43. The van der Waals surface area contributed by atoms with Gasteiger partial charge in [-0.3, -0.25) is 29.0 Å². The zero-order valence-electron chi connectivity index (χ0n) is 30.6. The van der Waals surface area contributed by atoms with E-state index in [1.54, 1.807) is 26.1 Å². The highest BCUT2D eigenvalue weighted by Crippen LogP contribution is 2.33. The highest BCUT2D eigenvalue weighted by molar-refractivity contribution is 6.37. The van der Waals surface area contributed by atoms with E-state index in [9.17, 15) is 33.9 Å². The number of carboxylic acid groups (broad SMARTS) is 1. The molecular formula is C37H49N9O8. The number of hydrogen-bond acceptors (Lipinski definition) is 10. The Labute approximate surface area is 312 Å². The molecule has 17 heteroatoms. The molecule has 290 valence electrons. The van der Waals surface area contributed by atoms with Crippen LogP contribution in [0.15, 0.2) is 42.7 Å². The third-order valence-electron chi connectivity index (χ3n) is 10.2. The number of benzene rings is 1. The summed E-state index contributed by atoms with van der Waals surface area (Å²) < 4.78 is 1.47. The van der Waals surface area contributed by atoms with Crippen molar-refractivity contribution in [2.24, 2.45) is 11.7 Å². The molecule has 5 amide bonds. The summed E-state index contributed by atoms with van der Waals surface area (Å²) in [5.74, 6) is -3.92. The normalized spacial score (nSPS) is 18.8. The molecule has 0 bridgehead atoms. The third-order valence-corrected chi connectivity index (χ3v) is 10.2. The van der Waals surface area contributed by atoms with Crippen LogP contribution in [0.3, 0.4) is 0 Å². The summed E-state index contributed by atoms with van der Waals surface area (Å²) in [7, 11) is 0. The van der Waals surface area contributed by atoms with E-state index in [2.05, 4.69) is 31.2 Å². The molecular weight excluding hydrogens is 698 g/mol. The molecule has 5 rings (SSSR count). The summed E-state index contributed by atoms with van der Waals surface area (Å²) in [5, 5.41) is 37.3. The standard InChI is InChI=1S/C37H49N9O8/c1-37(2,54)30-20-41-44-46(30)25-18-29(34(50)42-26(31(47)32(38)48)14-8-9-15-39-36(52)53)45(21-25)35(51)28(16-22-10-4-3-5-11-22)43-33(49)27-17-23-12-6-7-13-24(23)19-40-27/h6-7,12-13,17,19-20,22,25-26,28-29,39,54H,3-5,8-11,14-16,18,21H2,1-2H3,(H2,38,48)(H,42,50)(H,43,49)(H,52,53)/t25-,26?,28+,29-/m0/s1. The number of nitrogens with one attached hydrogen (secondary N) is 3. The number of carbonyl (C=O) groups excluding carboxylic acids is 5. The smallest absolute Gasteiger partial charge is 0.404 e. The fraction of sp³-hybridized carbons (Fsp3) is 0.541. The van der Waals surface area contributed by atoms with Gasteiger partial charge >= 0.3 is 6.09 Å². The van der Waals surface area contributed by atoms with Crippen molar-refractivity contribution in [3.63, 3.8) is 0 Å². The lowest BCUT2D eigenvalue weighted by molar-refractivity contribution is -0.142. The molecule has 2 aliphatic rings. The highest BCUT2D eigenvalue weighted by Gasteiger charge is 2.45. The van der Waals surface area contributed by atoms with Crippen molar-refractivity contribution in [2.45, 2.75) is 108 Å². The van der Waals surface area contributed by atoms with Crippen LogP contribution >= 0.6 is 0 Å². The number of carbonyl (C=O) groups is 6. The first kappa shape index (κ1) is 39.8. The topological polar surface area (TPSA) is 252 Å². The Balaban J connectivity index is 1.44. The number of nitrogens with two attached hydrogens (primary N) is 1. The number of hydrogen-bond donors (Lipinski definition) is 6. The van der Waals surface area contributed by atoms with Crippen LogP contribution < -0.4 is 21.7 Å². The maximum Gasteiger partial charge on any atom is 0.404 e. The van der Waals surface area contributed by atoms with E-state index in [1.807, 2.05) is 24.3 Å². The number of likely N-dealkylation sites (tertiary alicyclic amines) is 1. The molecule has 0 radical (unpaired) electrons. The minimum absolute atomic E-state index is 0.00997. The maximum atomic E-state index is 14.8. The Morgan fingerprint density at radius 3 is 2.39 bits per heavy atom. The molecule has 17 nitrogen and oxygen atoms in total. The molecule has 4 atom stereocenters. The molecule has 7 N–H and O–H groups in total. The largest absolute Gasteiger partial charge is 0.465 e. The average Bonchev–Trinajstić information content (AvgIpc) is 3.82. The minimum atomic E-state index is -1.36. The van der Waals surface area contributed by atoms with Crippen LogP contribution in [0.2, 0.25) is 0 Å². The van der Waals surface area contributed by atoms with Gasteiger partial charge in [0.05, 0.1) is 24.0 Å². The van der Waals surface area contributed by atoms with Gasteiger partial charge in [0.15, 0.2) is 0 Å². The summed E-state index contributed by atoms with van der Waals surface area (Å²) in [4.78, 5) is 84.1. The number of ketones is 1. The molecule has 3 heterocycles. The van der Waals surface area contributed by atoms with Crippen LogP contribution in [0.5, 0.6) is 0 Å². The first-order valence-corrected chi connectivity index (χ1v) is 18.4. The predicted molar refractivity (Wildman–Crippen MR) is 195 cm³/mol. The molecule has 0 spiro atoms. The second-order valence-electron chi connectivity index (χ2n) is 14.7. The van der Waals surface area contributed by atoms with Crippen molar-refractivity contribution in [2.75, 3.05) is 13.1 Å². The Morgan fingerprint density at radius 1 is 0.981 bits per heavy atom. The number of aromatic nitrogens is 4. The Bertz CT molecular complexity index is 1850. The van der Waals surface area contributed by atoms with E-state index in [-0.39, 0.29) is 44.0 Å². The molecule has 1 saturated heterocycles. The van der Waals surface area contributed by atoms with Crippen molar-refractivity contribution in [1.29, 1.82) is 0 Å². The van der Waals surface area contributed by atoms with E-state index in [1.165, 1.54) is 15.8 Å². The molecule has 1 aliphatic heterocycles. The van der Waals surface area contributed by atoms with Crippen molar-refractivity contribution < 1.29 is 39.0 Å². The number of aliphatic hydroxyl groups is 1. The van der Waals surface area contributed by atoms with Gasteiger partial charge in [-0.1, -0.05) is 61.6 Å². The van der Waals surface area contributed by atoms with E-state index in [0.717, 1.165) is 42.9 Å². The number of primary amides is 1. The quantitative estimate of drug-likeness (QED) is 0.0912. The monoisotopic (exact) mass is 747 g/mol. The van der Waals surface area contributed by atoms with Crippen LogP contribution in [0.25, 0.3) is 10.8 Å². The van der Waals surface area contributed by atoms with E-state index in [0.29, 0.717) is 18.5 Å². The summed E-state index contributed by atoms with van der Waals surface area (Å²) in [6.45, 7) is 3.18. The molecule has 2 fully saturated rings. The first-order valence-electron chi connectivity index (χ1n) is 18.4. The molecule has 54 heavy (non-hydrogen) atoms. The minimum Gasteiger partial charge on any atom is -0.465 e. The van der Waals surface area contributed by atoms with Crippen molar-refractivity contribution in [1.82, 2.24) is 40.8 Å². The van der Waals surface area contributed by atoms with Gasteiger partial charge in [-0.2, -0.15) is 0 Å². The van der Waals surface area contributed by atoms with Gasteiger partial charge in [0.1, 0.15) is 23.4 Å². The van der Waals surface area contributed by atoms with E-state index >= 15 is 0 Å². The lowest BCUT2D eigenvalue weighted by atomic mass is 9.84. The second-order valence-corrected chi connectivity index (χ2v) is 14.7. The van der Waals surface area contributed by atoms with Crippen LogP contribution in [0.1, 0.15) is 100 Å². The zero-order chi connectivity index (χ0) is 39.0. The first-order chi connectivity index (χ1) is 25.7. The van der Waals surface area contributed by atoms with Gasteiger partial charge in [-0.05, 0) is 56.9 Å². The summed E-state index contributed by atoms with van der Waals surface area (Å²) in [6.07, 6.45) is 7.56. The number of rotatable bonds is 16. The van der Waals surface area contributed by atoms with Crippen LogP contribution in [-0.4, -0.2) is 102 Å². The second kappa shape index (κ2) is 17.6. The van der Waals surface area contributed by atoms with Crippen molar-refractivity contribution >= 4 is 46.3 Å². The van der Waals surface area contributed by atoms with Gasteiger partial charge < -0.3 is 36.8 Å². The lowest BCUT2D eigenvalue weighted by Crippen LogP contribution is -2.56. The number of nitrogens with zero attached hydrogens (tertiary/aromatic N) is 5. The number of amides is 5. The number of pyridine rings is 1. The number of unbranched alkanes of at least 4 members (excludes halogenated alkanes) is 1. The van der Waals surface area contributed by atoms with Crippen molar-refractivity contribution in [3.05, 3.63) is 54.1 Å². The summed E-state index contributed by atoms with van der Waals surface area (Å²) in [5.41, 5.74) is 4.45. The maximum absolute atomic E-state index is 14.8. The van der Waals surface area contributed by atoms with Crippen molar-refractivity contribution in [3.8, 4) is 0 Å². The van der Waals surface area contributed by atoms with E-state index < -0.39 is 65.3 Å². The summed E-state index contributed by atoms with van der Waals surface area (Å²) >= 11 is 0. The fourth-order valence-electron chi connectivity index (χ4n) is 7.43.